The number of nitrogens with zero attached hydrogens (tertiary/aromatic N) is 1. The maximum atomic E-state index is 10.5. The first-order valence-corrected chi connectivity index (χ1v) is 6.24. The Bertz CT molecular complexity index is 409. The minimum absolute atomic E-state index is 0.136. The van der Waals surface area contributed by atoms with E-state index < -0.39 is 6.03 Å². The lowest BCUT2D eigenvalue weighted by atomic mass is 10.2. The highest BCUT2D eigenvalue weighted by Gasteiger charge is 2.03. The summed E-state index contributed by atoms with van der Waals surface area (Å²) in [6.07, 6.45) is 0. The fourth-order valence-electron chi connectivity index (χ4n) is 1.08. The minimum atomic E-state index is -0.745. The number of amides is 2. The van der Waals surface area contributed by atoms with Crippen molar-refractivity contribution < 1.29 is 10.0 Å². The molecule has 4 N–H and O–H groups in total. The fourth-order valence-corrected chi connectivity index (χ4v) is 2.06. The van der Waals surface area contributed by atoms with Crippen molar-refractivity contribution in [3.63, 3.8) is 0 Å². The van der Waals surface area contributed by atoms with Crippen LogP contribution in [-0.4, -0.2) is 22.8 Å². The van der Waals surface area contributed by atoms with Crippen molar-refractivity contribution in [3.8, 4) is 0 Å². The Morgan fingerprint density at radius 3 is 2.65 bits per heavy atom. The predicted molar refractivity (Wildman–Crippen MR) is 69.6 cm³/mol. The molecule has 0 spiro atoms. The molecule has 0 radical (unpaired) electrons. The molecule has 0 aliphatic heterocycles. The van der Waals surface area contributed by atoms with Crippen LogP contribution in [0.15, 0.2) is 29.4 Å². The highest BCUT2D eigenvalue weighted by atomic mass is 35.5. The van der Waals surface area contributed by atoms with Gasteiger partial charge < -0.3 is 10.9 Å². The second-order valence-electron chi connectivity index (χ2n) is 3.16. The Morgan fingerprint density at radius 1 is 1.47 bits per heavy atom. The largest absolute Gasteiger partial charge is 0.409 e. The van der Waals surface area contributed by atoms with Crippen LogP contribution in [0.3, 0.4) is 0 Å². The Balaban J connectivity index is 2.36. The van der Waals surface area contributed by atoms with Crippen LogP contribution in [0.2, 0.25) is 5.02 Å². The fraction of sp³-hybridized carbons (Fsp3) is 0.200. The lowest BCUT2D eigenvalue weighted by molar-refractivity contribution is 0.252. The number of primary amides is 1. The number of nitrogens with one attached hydrogen (secondary N) is 1. The summed E-state index contributed by atoms with van der Waals surface area (Å²) in [5, 5.41) is 14.4. The van der Waals surface area contributed by atoms with Crippen LogP contribution in [0, 0.1) is 0 Å². The molecular weight excluding hydrogens is 262 g/mol. The van der Waals surface area contributed by atoms with E-state index in [2.05, 4.69) is 10.5 Å². The van der Waals surface area contributed by atoms with Crippen molar-refractivity contribution in [2.45, 2.75) is 5.75 Å². The molecule has 17 heavy (non-hydrogen) atoms. The van der Waals surface area contributed by atoms with E-state index in [9.17, 15) is 4.79 Å². The molecule has 1 aromatic rings. The molecule has 0 heterocycles. The summed E-state index contributed by atoms with van der Waals surface area (Å²) in [5.74, 6) is 1.22. The van der Waals surface area contributed by atoms with Gasteiger partial charge in [-0.15, -0.1) is 11.8 Å². The van der Waals surface area contributed by atoms with Crippen LogP contribution in [0.25, 0.3) is 0 Å². The monoisotopic (exact) mass is 273 g/mol. The molecule has 0 bridgehead atoms. The molecule has 0 unspecified atom stereocenters. The Labute approximate surface area is 108 Å². The molecule has 5 nitrogen and oxygen atoms in total. The molecule has 0 saturated heterocycles. The van der Waals surface area contributed by atoms with Crippen molar-refractivity contribution in [3.05, 3.63) is 34.9 Å². The SMILES string of the molecule is NC(=O)NC(CSCc1ccc(Cl)cc1)=NO. The van der Waals surface area contributed by atoms with Gasteiger partial charge in [-0.3, -0.25) is 5.32 Å². The standard InChI is InChI=1S/C10H12ClN3O2S/c11-8-3-1-7(2-4-8)5-17-6-9(14-16)13-10(12)15/h1-4,16H,5-6H2,(H3,12,13,14,15). The molecule has 0 aliphatic carbocycles. The lowest BCUT2D eigenvalue weighted by Gasteiger charge is -2.04. The quantitative estimate of drug-likeness (QED) is 0.339. The smallest absolute Gasteiger partial charge is 0.317 e. The van der Waals surface area contributed by atoms with Gasteiger partial charge in [-0.2, -0.15) is 0 Å². The topological polar surface area (TPSA) is 87.7 Å². The number of carbonyl (C=O) groups excluding carboxylic acids is 1. The molecule has 1 rings (SSSR count). The van der Waals surface area contributed by atoms with Crippen molar-refractivity contribution in [2.75, 3.05) is 5.75 Å². The van der Waals surface area contributed by atoms with Crippen molar-refractivity contribution in [1.82, 2.24) is 5.32 Å². The number of nitrogens with two attached hydrogens (primary N) is 1. The number of amidine groups is 1. The molecule has 0 aliphatic rings. The van der Waals surface area contributed by atoms with Crippen molar-refractivity contribution in [1.29, 1.82) is 0 Å². The molecule has 2 amide bonds. The highest BCUT2D eigenvalue weighted by Crippen LogP contribution is 2.15. The highest BCUT2D eigenvalue weighted by molar-refractivity contribution is 7.99. The summed E-state index contributed by atoms with van der Waals surface area (Å²) in [6, 6.07) is 6.68. The maximum absolute atomic E-state index is 10.5. The minimum Gasteiger partial charge on any atom is -0.409 e. The third kappa shape index (κ3) is 5.46. The van der Waals surface area contributed by atoms with E-state index in [1.54, 1.807) is 12.1 Å². The molecule has 1 aromatic carbocycles. The van der Waals surface area contributed by atoms with Crippen molar-refractivity contribution in [2.24, 2.45) is 10.9 Å². The van der Waals surface area contributed by atoms with E-state index in [4.69, 9.17) is 22.5 Å². The van der Waals surface area contributed by atoms with Gasteiger partial charge in [0.25, 0.3) is 0 Å². The van der Waals surface area contributed by atoms with Crippen LogP contribution in [0.5, 0.6) is 0 Å². The molecule has 7 heteroatoms. The van der Waals surface area contributed by atoms with Gasteiger partial charge in [0.05, 0.1) is 5.75 Å². The van der Waals surface area contributed by atoms with Crippen LogP contribution >= 0.6 is 23.4 Å². The van der Waals surface area contributed by atoms with Gasteiger partial charge in [0.1, 0.15) is 0 Å². The second-order valence-corrected chi connectivity index (χ2v) is 4.58. The third-order valence-corrected chi connectivity index (χ3v) is 3.08. The van der Waals surface area contributed by atoms with Crippen LogP contribution < -0.4 is 11.1 Å². The average Bonchev–Trinajstić information content (AvgIpc) is 2.30. The number of benzene rings is 1. The number of oxime groups is 1. The number of hydrogen-bond acceptors (Lipinski definition) is 4. The second kappa shape index (κ2) is 7.03. The number of halogens is 1. The van der Waals surface area contributed by atoms with Gasteiger partial charge in [-0.05, 0) is 17.7 Å². The number of thioether (sulfide) groups is 1. The van der Waals surface area contributed by atoms with Gasteiger partial charge in [-0.1, -0.05) is 28.9 Å². The Morgan fingerprint density at radius 2 is 2.12 bits per heavy atom. The predicted octanol–water partition coefficient (Wildman–Crippen LogP) is 2.03. The van der Waals surface area contributed by atoms with Crippen LogP contribution in [0.4, 0.5) is 4.79 Å². The van der Waals surface area contributed by atoms with Gasteiger partial charge >= 0.3 is 6.03 Å². The van der Waals surface area contributed by atoms with E-state index in [0.29, 0.717) is 10.8 Å². The summed E-state index contributed by atoms with van der Waals surface area (Å²) in [6.45, 7) is 0. The van der Waals surface area contributed by atoms with Crippen molar-refractivity contribution >= 4 is 35.2 Å². The maximum Gasteiger partial charge on any atom is 0.317 e. The van der Waals surface area contributed by atoms with Gasteiger partial charge in [0.15, 0.2) is 5.84 Å². The van der Waals surface area contributed by atoms with Gasteiger partial charge in [0.2, 0.25) is 0 Å². The number of carbonyl (C=O) groups is 1. The molecule has 0 fully saturated rings. The van der Waals surface area contributed by atoms with E-state index in [0.717, 1.165) is 11.3 Å². The summed E-state index contributed by atoms with van der Waals surface area (Å²) in [4.78, 5) is 10.5. The lowest BCUT2D eigenvalue weighted by Crippen LogP contribution is -2.36. The zero-order chi connectivity index (χ0) is 12.7. The van der Waals surface area contributed by atoms with E-state index >= 15 is 0 Å². The van der Waals surface area contributed by atoms with Crippen LogP contribution in [0.1, 0.15) is 5.56 Å². The number of rotatable bonds is 4. The Kier molecular flexibility index (Phi) is 5.65. The number of urea groups is 1. The molecule has 0 atom stereocenters. The van der Waals surface area contributed by atoms with E-state index in [1.165, 1.54) is 11.8 Å². The van der Waals surface area contributed by atoms with E-state index in [-0.39, 0.29) is 5.84 Å². The molecule has 0 saturated carbocycles. The first kappa shape index (κ1) is 13.7. The zero-order valence-corrected chi connectivity index (χ0v) is 10.5. The third-order valence-electron chi connectivity index (χ3n) is 1.81. The van der Waals surface area contributed by atoms with Gasteiger partial charge in [0, 0.05) is 10.8 Å². The number of hydrogen-bond donors (Lipinski definition) is 3. The van der Waals surface area contributed by atoms with E-state index in [1.807, 2.05) is 12.1 Å². The molecule has 92 valence electrons. The normalized spacial score (nSPS) is 11.2. The van der Waals surface area contributed by atoms with Gasteiger partial charge in [-0.25, -0.2) is 4.79 Å². The van der Waals surface area contributed by atoms with Crippen LogP contribution in [-0.2, 0) is 5.75 Å². The molecule has 0 aromatic heterocycles. The summed E-state index contributed by atoms with van der Waals surface area (Å²) in [7, 11) is 0. The molecular formula is C10H12ClN3O2S. The summed E-state index contributed by atoms with van der Waals surface area (Å²) >= 11 is 7.24. The summed E-state index contributed by atoms with van der Waals surface area (Å²) in [5.41, 5.74) is 6.00. The summed E-state index contributed by atoms with van der Waals surface area (Å²) < 4.78 is 0. The first-order chi connectivity index (χ1) is 8.11. The average molecular weight is 274 g/mol. The first-order valence-electron chi connectivity index (χ1n) is 4.71. The zero-order valence-electron chi connectivity index (χ0n) is 8.89. The Hall–Kier alpha value is -1.40.